The topological polar surface area (TPSA) is 130 Å². The molecule has 0 saturated heterocycles. The highest BCUT2D eigenvalue weighted by atomic mass is 31.2. The summed E-state index contributed by atoms with van der Waals surface area (Å²) in [7, 11) is -9.00. The molecule has 0 radical (unpaired) electrons. The molecule has 7 nitrogen and oxygen atoms in total. The van der Waals surface area contributed by atoms with Gasteiger partial charge in [-0.2, -0.15) is 0 Å². The Hall–Kier alpha value is 0.260. The number of rotatable bonds is 5. The summed E-state index contributed by atoms with van der Waals surface area (Å²) in [5.41, 5.74) is 4.97. The van der Waals surface area contributed by atoms with E-state index in [4.69, 9.17) is 20.4 Å². The second-order valence-corrected chi connectivity index (χ2v) is 6.51. The molecule has 0 aliphatic rings. The fraction of sp³-hybridized carbons (Fsp3) is 1.00. The van der Waals surface area contributed by atoms with Gasteiger partial charge in [-0.1, -0.05) is 0 Å². The highest BCUT2D eigenvalue weighted by molar-refractivity contribution is 7.71. The second-order valence-electron chi connectivity index (χ2n) is 2.29. The van der Waals surface area contributed by atoms with Gasteiger partial charge in [0.15, 0.2) is 5.40 Å². The van der Waals surface area contributed by atoms with Gasteiger partial charge in [-0.15, -0.1) is 0 Å². The van der Waals surface area contributed by atoms with Gasteiger partial charge in [-0.25, -0.2) is 0 Å². The molecule has 0 heterocycles. The van der Waals surface area contributed by atoms with Crippen molar-refractivity contribution in [2.24, 2.45) is 5.73 Å². The van der Waals surface area contributed by atoms with Gasteiger partial charge < -0.3 is 24.9 Å². The Balaban J connectivity index is 4.78. The molecule has 0 aromatic heterocycles. The Morgan fingerprint density at radius 3 is 2.08 bits per heavy atom. The van der Waals surface area contributed by atoms with Crippen molar-refractivity contribution in [3.63, 3.8) is 0 Å². The predicted octanol–water partition coefficient (Wildman–Crippen LogP) is -0.329. The third-order valence-electron chi connectivity index (χ3n) is 1.29. The molecule has 0 aromatic carbocycles. The van der Waals surface area contributed by atoms with Crippen molar-refractivity contribution in [1.82, 2.24) is 0 Å². The Labute approximate surface area is 75.6 Å². The SMILES string of the molecule is CCOP(=O)(O)C(CN)P(=O)(O)O. The molecule has 2 atom stereocenters. The van der Waals surface area contributed by atoms with E-state index < -0.39 is 27.1 Å². The fourth-order valence-electron chi connectivity index (χ4n) is 0.732. The van der Waals surface area contributed by atoms with Crippen molar-refractivity contribution in [3.8, 4) is 0 Å². The largest absolute Gasteiger partial charge is 0.344 e. The zero-order valence-corrected chi connectivity index (χ0v) is 8.82. The van der Waals surface area contributed by atoms with Crippen LogP contribution in [-0.2, 0) is 13.7 Å². The van der Waals surface area contributed by atoms with Crippen LogP contribution in [0.25, 0.3) is 0 Å². The minimum atomic E-state index is -4.69. The molecule has 0 aliphatic carbocycles. The monoisotopic (exact) mass is 233 g/mol. The third-order valence-corrected chi connectivity index (χ3v) is 5.65. The fourth-order valence-corrected chi connectivity index (χ4v) is 3.54. The first-order chi connectivity index (χ1) is 5.75. The summed E-state index contributed by atoms with van der Waals surface area (Å²) in [6.45, 7) is 0.735. The van der Waals surface area contributed by atoms with Crippen LogP contribution in [0.2, 0.25) is 0 Å². The Morgan fingerprint density at radius 1 is 1.38 bits per heavy atom. The summed E-state index contributed by atoms with van der Waals surface area (Å²) in [6.07, 6.45) is 0. The van der Waals surface area contributed by atoms with Crippen LogP contribution in [0.4, 0.5) is 0 Å². The van der Waals surface area contributed by atoms with Crippen LogP contribution in [0.1, 0.15) is 6.92 Å². The molecule has 0 aliphatic heterocycles. The van der Waals surface area contributed by atoms with Crippen molar-refractivity contribution < 1.29 is 28.3 Å². The molecular formula is C4H13NO6P2. The lowest BCUT2D eigenvalue weighted by molar-refractivity contribution is 0.265. The number of nitrogens with two attached hydrogens (primary N) is 1. The summed E-state index contributed by atoms with van der Waals surface area (Å²) in [4.78, 5) is 26.4. The molecule has 9 heteroatoms. The molecule has 0 rings (SSSR count). The number of hydrogen-bond acceptors (Lipinski definition) is 4. The van der Waals surface area contributed by atoms with Crippen LogP contribution < -0.4 is 5.73 Å². The van der Waals surface area contributed by atoms with E-state index in [1.807, 2.05) is 0 Å². The maximum Gasteiger partial charge on any atom is 0.344 e. The maximum absolute atomic E-state index is 11.2. The van der Waals surface area contributed by atoms with E-state index in [0.717, 1.165) is 0 Å². The Kier molecular flexibility index (Phi) is 4.76. The molecule has 2 unspecified atom stereocenters. The normalized spacial score (nSPS) is 19.5. The first kappa shape index (κ1) is 13.3. The van der Waals surface area contributed by atoms with Gasteiger partial charge in [0.2, 0.25) is 0 Å². The van der Waals surface area contributed by atoms with Crippen LogP contribution in [-0.4, -0.2) is 33.2 Å². The van der Waals surface area contributed by atoms with Gasteiger partial charge in [-0.05, 0) is 6.92 Å². The quantitative estimate of drug-likeness (QED) is 0.478. The summed E-state index contributed by atoms with van der Waals surface area (Å²) in [5, 5.41) is -1.83. The summed E-state index contributed by atoms with van der Waals surface area (Å²) in [6, 6.07) is 0. The Morgan fingerprint density at radius 2 is 1.85 bits per heavy atom. The molecule has 0 aromatic rings. The maximum atomic E-state index is 11.2. The Bertz CT molecular complexity index is 249. The van der Waals surface area contributed by atoms with E-state index in [-0.39, 0.29) is 6.61 Å². The zero-order chi connectivity index (χ0) is 10.7. The van der Waals surface area contributed by atoms with Gasteiger partial charge in [-0.3, -0.25) is 9.13 Å². The van der Waals surface area contributed by atoms with Crippen LogP contribution in [0, 0.1) is 0 Å². The van der Waals surface area contributed by atoms with Gasteiger partial charge in [0.1, 0.15) is 0 Å². The lowest BCUT2D eigenvalue weighted by atomic mass is 10.8. The van der Waals surface area contributed by atoms with E-state index >= 15 is 0 Å². The summed E-state index contributed by atoms with van der Waals surface area (Å²) < 4.78 is 26.2. The number of hydrogen-bond donors (Lipinski definition) is 4. The van der Waals surface area contributed by atoms with Gasteiger partial charge in [0, 0.05) is 6.54 Å². The average Bonchev–Trinajstić information content (AvgIpc) is 1.83. The molecule has 0 spiro atoms. The minimum absolute atomic E-state index is 0.107. The molecule has 0 fully saturated rings. The lowest BCUT2D eigenvalue weighted by Gasteiger charge is -2.21. The summed E-state index contributed by atoms with van der Waals surface area (Å²) in [5.74, 6) is 0. The van der Waals surface area contributed by atoms with Crippen molar-refractivity contribution in [3.05, 3.63) is 0 Å². The highest BCUT2D eigenvalue weighted by Gasteiger charge is 2.44. The van der Waals surface area contributed by atoms with E-state index in [1.54, 1.807) is 0 Å². The molecule has 0 saturated carbocycles. The highest BCUT2D eigenvalue weighted by Crippen LogP contribution is 2.62. The molecule has 13 heavy (non-hydrogen) atoms. The first-order valence-electron chi connectivity index (χ1n) is 3.48. The van der Waals surface area contributed by atoms with Crippen LogP contribution in [0.3, 0.4) is 0 Å². The minimum Gasteiger partial charge on any atom is -0.329 e. The van der Waals surface area contributed by atoms with E-state index in [9.17, 15) is 9.13 Å². The van der Waals surface area contributed by atoms with Gasteiger partial charge in [0.05, 0.1) is 6.61 Å². The van der Waals surface area contributed by atoms with Crippen molar-refractivity contribution in [2.75, 3.05) is 13.2 Å². The van der Waals surface area contributed by atoms with Crippen LogP contribution >= 0.6 is 15.2 Å². The predicted molar refractivity (Wildman–Crippen MR) is 46.3 cm³/mol. The van der Waals surface area contributed by atoms with Crippen molar-refractivity contribution >= 4 is 15.2 Å². The van der Waals surface area contributed by atoms with Gasteiger partial charge in [0.25, 0.3) is 0 Å². The second kappa shape index (κ2) is 4.66. The molecule has 5 N–H and O–H groups in total. The standard InChI is InChI=1S/C4H13NO6P2/c1-2-11-13(9,10)4(3-5)12(6,7)8/h4H,2-3,5H2,1H3,(H,9,10)(H2,6,7,8). The van der Waals surface area contributed by atoms with E-state index in [1.165, 1.54) is 6.92 Å². The first-order valence-corrected chi connectivity index (χ1v) is 6.80. The lowest BCUT2D eigenvalue weighted by Crippen LogP contribution is -2.21. The van der Waals surface area contributed by atoms with E-state index in [0.29, 0.717) is 0 Å². The van der Waals surface area contributed by atoms with Crippen LogP contribution in [0.5, 0.6) is 0 Å². The van der Waals surface area contributed by atoms with Crippen LogP contribution in [0.15, 0.2) is 0 Å². The zero-order valence-electron chi connectivity index (χ0n) is 7.03. The van der Waals surface area contributed by atoms with E-state index in [2.05, 4.69) is 4.52 Å². The molecular weight excluding hydrogens is 220 g/mol. The molecule has 0 amide bonds. The van der Waals surface area contributed by atoms with Gasteiger partial charge >= 0.3 is 15.2 Å². The smallest absolute Gasteiger partial charge is 0.329 e. The molecule has 0 bridgehead atoms. The van der Waals surface area contributed by atoms with Crippen molar-refractivity contribution in [1.29, 1.82) is 0 Å². The third kappa shape index (κ3) is 3.87. The average molecular weight is 233 g/mol. The molecule has 80 valence electrons. The van der Waals surface area contributed by atoms with Crippen molar-refractivity contribution in [2.45, 2.75) is 12.3 Å². The summed E-state index contributed by atoms with van der Waals surface area (Å²) >= 11 is 0.